The Morgan fingerprint density at radius 1 is 0.205 bits per heavy atom. The summed E-state index contributed by atoms with van der Waals surface area (Å²) in [5.74, 6) is 0.618. The number of furan rings is 3. The quantitative estimate of drug-likeness (QED) is 0.155. The molecular weight excluding hydrogens is 1570 g/mol. The van der Waals surface area contributed by atoms with Gasteiger partial charge in [-0.25, -0.2) is 29.9 Å². The van der Waals surface area contributed by atoms with Gasteiger partial charge in [0.25, 0.3) is 0 Å². The van der Waals surface area contributed by atoms with Crippen molar-refractivity contribution in [3.05, 3.63) is 394 Å². The summed E-state index contributed by atoms with van der Waals surface area (Å²) in [6.07, 6.45) is 0. The molecule has 10 nitrogen and oxygen atoms in total. The van der Waals surface area contributed by atoms with Gasteiger partial charge in [0.2, 0.25) is 0 Å². The van der Waals surface area contributed by atoms with Gasteiger partial charge in [-0.05, 0) is 98.4 Å². The molecule has 0 unspecified atom stereocenters. The van der Waals surface area contributed by atoms with E-state index in [4.69, 9.17) is 43.2 Å². The molecule has 10 aromatic heterocycles. The molecule has 0 radical (unpaired) electrons. The van der Waals surface area contributed by atoms with Crippen LogP contribution in [0.5, 0.6) is 0 Å². The third-order valence-corrected chi connectivity index (χ3v) is 27.0. The summed E-state index contributed by atoms with van der Waals surface area (Å²) in [6, 6.07) is 138. The first kappa shape index (κ1) is 70.8. The lowest BCUT2D eigenvalue weighted by Gasteiger charge is -2.15. The van der Waals surface area contributed by atoms with E-state index in [0.717, 1.165) is 224 Å². The first-order valence-corrected chi connectivity index (χ1v) is 43.6. The number of aromatic nitrogens is 7. The highest BCUT2D eigenvalue weighted by atomic mass is 32.1. The molecule has 29 aromatic rings. The molecule has 0 aliphatic heterocycles. The lowest BCUT2D eigenvalue weighted by atomic mass is 9.93. The number of para-hydroxylation sites is 6. The van der Waals surface area contributed by atoms with Crippen molar-refractivity contribution in [3.8, 4) is 51.1 Å². The van der Waals surface area contributed by atoms with Gasteiger partial charge in [-0.2, -0.15) is 0 Å². The van der Waals surface area contributed by atoms with Crippen LogP contribution in [0.1, 0.15) is 0 Å². The maximum atomic E-state index is 6.54. The van der Waals surface area contributed by atoms with Crippen molar-refractivity contribution in [1.29, 1.82) is 0 Å². The molecule has 0 fully saturated rings. The third-order valence-electron chi connectivity index (χ3n) is 25.8. The lowest BCUT2D eigenvalue weighted by molar-refractivity contribution is 0.672. The minimum absolute atomic E-state index is 0.618. The Labute approximate surface area is 726 Å². The minimum atomic E-state index is 0.618. The molecule has 588 valence electrons. The number of benzene rings is 19. The largest absolute Gasteiger partial charge is 0.455 e. The molecule has 127 heavy (non-hydrogen) atoms. The predicted octanol–water partition coefficient (Wildman–Crippen LogP) is 31.9. The van der Waals surface area contributed by atoms with Gasteiger partial charge in [-0.3, -0.25) is 0 Å². The van der Waals surface area contributed by atoms with Crippen LogP contribution >= 0.6 is 11.3 Å². The van der Waals surface area contributed by atoms with Crippen LogP contribution in [0.3, 0.4) is 0 Å². The Kier molecular flexibility index (Phi) is 15.5. The Morgan fingerprint density at radius 2 is 0.567 bits per heavy atom. The van der Waals surface area contributed by atoms with Crippen molar-refractivity contribution in [3.63, 3.8) is 0 Å². The van der Waals surface area contributed by atoms with Crippen LogP contribution in [-0.4, -0.2) is 34.5 Å². The highest BCUT2D eigenvalue weighted by Crippen LogP contribution is 2.51. The van der Waals surface area contributed by atoms with E-state index < -0.39 is 0 Å². The van der Waals surface area contributed by atoms with E-state index in [1.165, 1.54) is 48.1 Å². The van der Waals surface area contributed by atoms with E-state index in [1.807, 2.05) is 48.5 Å². The smallest absolute Gasteiger partial charge is 0.180 e. The Hall–Kier alpha value is -16.9. The van der Waals surface area contributed by atoms with Crippen molar-refractivity contribution in [2.75, 3.05) is 0 Å². The Morgan fingerprint density at radius 3 is 1.09 bits per heavy atom. The number of hydrogen-bond acceptors (Lipinski definition) is 10. The van der Waals surface area contributed by atoms with Crippen LogP contribution in [-0.2, 0) is 0 Å². The van der Waals surface area contributed by atoms with Crippen LogP contribution in [0.4, 0.5) is 0 Å². The molecule has 0 N–H and O–H groups in total. The molecule has 0 saturated heterocycles. The molecule has 0 bridgehead atoms. The zero-order valence-electron chi connectivity index (χ0n) is 67.8. The van der Waals surface area contributed by atoms with Gasteiger partial charge in [0.1, 0.15) is 39.2 Å². The average molecular weight is 1640 g/mol. The number of nitrogens with zero attached hydrogens (tertiary/aromatic N) is 7. The third kappa shape index (κ3) is 10.6. The number of hydrogen-bond donors (Lipinski definition) is 0. The van der Waals surface area contributed by atoms with Crippen molar-refractivity contribution < 1.29 is 13.3 Å². The Balaban J connectivity index is 0.0000000990. The van der Waals surface area contributed by atoms with Crippen molar-refractivity contribution >= 4 is 238 Å². The lowest BCUT2D eigenvalue weighted by Crippen LogP contribution is -1.98. The second-order valence-corrected chi connectivity index (χ2v) is 33.8. The van der Waals surface area contributed by atoms with E-state index in [1.54, 1.807) is 11.3 Å². The van der Waals surface area contributed by atoms with Gasteiger partial charge in [0.05, 0.1) is 82.3 Å². The number of rotatable bonds is 5. The molecular formula is C116H65N7O3S. The first-order chi connectivity index (χ1) is 63.0. The zero-order chi connectivity index (χ0) is 83.1. The molecule has 0 aliphatic carbocycles. The van der Waals surface area contributed by atoms with E-state index in [0.29, 0.717) is 5.82 Å². The van der Waals surface area contributed by atoms with Crippen molar-refractivity contribution in [2.24, 2.45) is 0 Å². The maximum Gasteiger partial charge on any atom is 0.180 e. The second kappa shape index (κ2) is 27.8. The maximum absolute atomic E-state index is 6.54. The molecule has 0 saturated carbocycles. The molecule has 10 heterocycles. The highest BCUT2D eigenvalue weighted by molar-refractivity contribution is 7.26. The minimum Gasteiger partial charge on any atom is -0.455 e. The van der Waals surface area contributed by atoms with Gasteiger partial charge in [0.15, 0.2) is 5.82 Å². The van der Waals surface area contributed by atoms with Gasteiger partial charge in [-0.15, -0.1) is 11.3 Å². The molecule has 0 spiro atoms. The summed E-state index contributed by atoms with van der Waals surface area (Å²) >= 11 is 1.74. The molecule has 0 aliphatic rings. The zero-order valence-corrected chi connectivity index (χ0v) is 68.6. The number of pyridine rings is 4. The molecule has 11 heteroatoms. The monoisotopic (exact) mass is 1640 g/mol. The molecule has 0 atom stereocenters. The van der Waals surface area contributed by atoms with Crippen molar-refractivity contribution in [1.82, 2.24) is 34.5 Å². The van der Waals surface area contributed by atoms with E-state index >= 15 is 0 Å². The molecule has 29 rings (SSSR count). The van der Waals surface area contributed by atoms with E-state index in [9.17, 15) is 0 Å². The van der Waals surface area contributed by atoms with Crippen LogP contribution in [0.25, 0.3) is 278 Å². The van der Waals surface area contributed by atoms with Gasteiger partial charge < -0.3 is 17.8 Å². The van der Waals surface area contributed by atoms with Crippen LogP contribution in [0, 0.1) is 0 Å². The summed E-state index contributed by atoms with van der Waals surface area (Å²) < 4.78 is 24.2. The van der Waals surface area contributed by atoms with Crippen LogP contribution in [0.2, 0.25) is 0 Å². The first-order valence-electron chi connectivity index (χ1n) is 42.8. The predicted molar refractivity (Wildman–Crippen MR) is 529 cm³/mol. The summed E-state index contributed by atoms with van der Waals surface area (Å²) in [7, 11) is 0. The van der Waals surface area contributed by atoms with Gasteiger partial charge in [-0.1, -0.05) is 334 Å². The topological polar surface area (TPSA) is 122 Å². The standard InChI is InChI=1S/C41H24N2O.C39H21N3OS.C36H20N2O/c1-2-12-26(13-3-1)43-34-20-10-8-14-27(34)33-24-25(22-23-35(33)43)39-30-17-6-4-15-28(30)37-29-16-5-7-18-31(29)41-38(40(37)42-39)32-19-9-11-21-36(32)44-41;1-2-12-22(13-3-1)33-38-34(28-19-9-11-21-30(28)44-38)42-39(41-33)35-25-16-6-4-14-23(25)31-24-15-5-7-17-26(24)37-32(36(31)40-35)27-18-8-10-20-29(27)43-37;1-4-15-25-21(11-1)22-12-7-9-19-29(22)37-33(25)34-26-16-5-2-13-23(26)31-24-14-3-6-17-27(24)36-32(35(31)38-34)28-18-8-10-20-30(28)39-36/h1-24H;1-21H;1-20H. The Bertz CT molecular complexity index is 9770. The average Bonchev–Trinajstić information content (AvgIpc) is 1.66. The van der Waals surface area contributed by atoms with Gasteiger partial charge >= 0.3 is 0 Å². The van der Waals surface area contributed by atoms with Crippen LogP contribution in [0.15, 0.2) is 408 Å². The van der Waals surface area contributed by atoms with E-state index in [2.05, 4.69) is 350 Å². The van der Waals surface area contributed by atoms with Gasteiger partial charge in [0, 0.05) is 113 Å². The fourth-order valence-electron chi connectivity index (χ4n) is 20.4. The second-order valence-electron chi connectivity index (χ2n) is 32.7. The summed E-state index contributed by atoms with van der Waals surface area (Å²) in [6.45, 7) is 0. The summed E-state index contributed by atoms with van der Waals surface area (Å²) in [4.78, 5) is 32.4. The fourth-order valence-corrected chi connectivity index (χ4v) is 21.5. The molecule has 19 aromatic carbocycles. The number of fused-ring (bicyclic) bond motifs is 39. The van der Waals surface area contributed by atoms with E-state index in [-0.39, 0.29) is 0 Å². The summed E-state index contributed by atoms with van der Waals surface area (Å²) in [5, 5.41) is 30.3. The highest BCUT2D eigenvalue weighted by Gasteiger charge is 2.28. The fraction of sp³-hybridized carbons (Fsp3) is 0. The van der Waals surface area contributed by atoms with Crippen molar-refractivity contribution in [2.45, 2.75) is 0 Å². The number of thiophene rings is 1. The van der Waals surface area contributed by atoms with Crippen LogP contribution < -0.4 is 0 Å². The SMILES string of the molecule is c1ccc(-c2nc(-c3nc4c(c5ccccc35)c3ccccc3c3oc5ccccc5c43)nc3c2sc2ccccc23)cc1.c1ccc(-n2c3ccccc3c3cc(-c4nc5c(c6ccccc46)c4ccccc4c4oc6ccccc6c54)ccc32)cc1.c1ccc2c(c1)nc(-c1nc3c(c4ccccc14)c1ccccc1c1oc4ccccc4c31)c1ccccc12. The normalized spacial score (nSPS) is 12.1. The summed E-state index contributed by atoms with van der Waals surface area (Å²) in [5.41, 5.74) is 20.1. The molecule has 0 amide bonds.